The van der Waals surface area contributed by atoms with Gasteiger partial charge in [-0.3, -0.25) is 38.4 Å². The van der Waals surface area contributed by atoms with Gasteiger partial charge in [0.15, 0.2) is 11.5 Å². The molecule has 3 fully saturated rings. The molecule has 1 saturated carbocycles. The summed E-state index contributed by atoms with van der Waals surface area (Å²) in [5.74, 6) is -0.508. The number of piperazine rings is 1. The van der Waals surface area contributed by atoms with Gasteiger partial charge in [-0.15, -0.1) is 11.3 Å². The number of anilines is 2. The zero-order chi connectivity index (χ0) is 54.8. The predicted molar refractivity (Wildman–Crippen MR) is 299 cm³/mol. The van der Waals surface area contributed by atoms with Crippen LogP contribution in [0.3, 0.4) is 0 Å². The number of fused-ring (bicyclic) bond motifs is 1. The number of benzene rings is 2. The molecule has 18 nitrogen and oxygen atoms in total. The minimum absolute atomic E-state index is 0.0326. The molecule has 4 aromatic heterocycles. The molecule has 78 heavy (non-hydrogen) atoms. The lowest BCUT2D eigenvalue weighted by atomic mass is 9.85. The first kappa shape index (κ1) is 55.7. The topological polar surface area (TPSA) is 215 Å². The minimum Gasteiger partial charge on any atom is -0.355 e. The molecule has 2 aliphatic heterocycles. The number of hydrogen-bond acceptors (Lipinski definition) is 12. The van der Waals surface area contributed by atoms with Crippen LogP contribution in [0.15, 0.2) is 72.8 Å². The van der Waals surface area contributed by atoms with Gasteiger partial charge in [0.2, 0.25) is 23.6 Å². The number of aryl methyl sites for hydroxylation is 1. The van der Waals surface area contributed by atoms with Gasteiger partial charge >= 0.3 is 0 Å². The molecule has 5 N–H and O–H groups in total. The first-order valence-electron chi connectivity index (χ1n) is 27.8. The monoisotopic (exact) mass is 1080 g/mol. The number of H-pyrrole nitrogens is 1. The Morgan fingerprint density at radius 1 is 0.833 bits per heavy atom. The highest BCUT2D eigenvalue weighted by Crippen LogP contribution is 2.41. The van der Waals surface area contributed by atoms with Crippen LogP contribution in [0.25, 0.3) is 27.3 Å². The average molecular weight is 1080 g/mol. The molecule has 0 unspecified atom stereocenters. The van der Waals surface area contributed by atoms with E-state index in [9.17, 15) is 24.0 Å². The van der Waals surface area contributed by atoms with Crippen LogP contribution in [-0.2, 0) is 25.7 Å². The van der Waals surface area contributed by atoms with E-state index >= 15 is 4.39 Å². The number of aromatic amines is 1. The van der Waals surface area contributed by atoms with E-state index in [1.165, 1.54) is 6.07 Å². The van der Waals surface area contributed by atoms with Crippen LogP contribution in [0.1, 0.15) is 137 Å². The fourth-order valence-corrected chi connectivity index (χ4v) is 11.2. The average Bonchev–Trinajstić information content (AvgIpc) is 4.04. The van der Waals surface area contributed by atoms with Crippen molar-refractivity contribution in [3.63, 3.8) is 0 Å². The van der Waals surface area contributed by atoms with Crippen molar-refractivity contribution in [2.45, 2.75) is 136 Å². The number of amides is 5. The largest absolute Gasteiger partial charge is 0.355 e. The van der Waals surface area contributed by atoms with Gasteiger partial charge in [-0.25, -0.2) is 19.3 Å². The van der Waals surface area contributed by atoms with Gasteiger partial charge in [-0.1, -0.05) is 77.1 Å². The summed E-state index contributed by atoms with van der Waals surface area (Å²) in [6.07, 6.45) is 17.9. The molecule has 0 spiro atoms. The minimum atomic E-state index is -0.750. The number of rotatable bonds is 24. The van der Waals surface area contributed by atoms with Gasteiger partial charge in [0.25, 0.3) is 5.91 Å². The maximum Gasteiger partial charge on any atom is 0.254 e. The molecular weight excluding hydrogens is 1010 g/mol. The maximum absolute atomic E-state index is 15.6. The number of likely N-dealkylation sites (tertiary alicyclic amines) is 1. The van der Waals surface area contributed by atoms with E-state index in [2.05, 4.69) is 46.3 Å². The van der Waals surface area contributed by atoms with Crippen LogP contribution >= 0.6 is 11.3 Å². The second kappa shape index (κ2) is 25.6. The van der Waals surface area contributed by atoms with Gasteiger partial charge in [-0.05, 0) is 80.2 Å². The third-order valence-corrected chi connectivity index (χ3v) is 16.1. The van der Waals surface area contributed by atoms with E-state index in [4.69, 9.17) is 4.98 Å². The lowest BCUT2D eigenvalue weighted by Crippen LogP contribution is -2.57. The molecule has 2 saturated heterocycles. The van der Waals surface area contributed by atoms with Crippen molar-refractivity contribution in [3.05, 3.63) is 101 Å². The SMILES string of the molecule is Cc1ncsc1-c1ccc(CNC(=O)[C@@H]2CCCN2C(=O)[C@@H](NC(=O)CCCCCCCCCC(=O)NCCN2CCN(C(=O)c3ccc(Nc4nc(C5CC5)cn5c(-c6cn[nH]c6)cnc45)c(F)c3)CC2)C(C)(C)C)cc1. The number of nitrogens with zero attached hydrogens (tertiary/aromatic N) is 8. The summed E-state index contributed by atoms with van der Waals surface area (Å²) in [6.45, 7) is 12.2. The lowest BCUT2D eigenvalue weighted by molar-refractivity contribution is -0.143. The molecule has 20 heteroatoms. The zero-order valence-electron chi connectivity index (χ0n) is 45.4. The van der Waals surface area contributed by atoms with Crippen molar-refractivity contribution in [3.8, 4) is 21.7 Å². The molecule has 6 heterocycles. The standard InChI is InChI=1S/C58H74FN13O5S/c1-38-51(78-37-63-38)41-18-16-39(17-19-41)32-62-55(75)47-13-12-25-71(47)57(77)52(58(2,3)4)68-50(74)15-11-9-7-5-6-8-10-14-49(73)60-24-26-69-27-29-70(30-28-69)56(76)42-22-23-45(44(59)31-42)66-53-54-61-35-48(43-33-64-65-34-43)72(54)36-46(67-53)40-20-21-40/h16-19,22-23,31,33-37,40,47,52H,5-15,20-21,24-30,32H2,1-4H3,(H,60,73)(H,62,75)(H,64,65)(H,66,67)(H,68,74)/t47-,52+/m0/s1. The van der Waals surface area contributed by atoms with E-state index in [-0.39, 0.29) is 40.8 Å². The van der Waals surface area contributed by atoms with E-state index in [0.717, 1.165) is 103 Å². The van der Waals surface area contributed by atoms with Crippen molar-refractivity contribution in [1.29, 1.82) is 0 Å². The second-order valence-corrected chi connectivity index (χ2v) is 23.0. The van der Waals surface area contributed by atoms with Crippen molar-refractivity contribution in [2.75, 3.05) is 51.1 Å². The van der Waals surface area contributed by atoms with Gasteiger partial charge in [0.1, 0.15) is 17.9 Å². The Balaban J connectivity index is 0.611. The summed E-state index contributed by atoms with van der Waals surface area (Å²) in [4.78, 5) is 87.2. The molecular formula is C58H74FN13O5S. The highest BCUT2D eigenvalue weighted by atomic mass is 32.1. The Hall–Kier alpha value is -7.06. The van der Waals surface area contributed by atoms with Crippen LogP contribution in [0.4, 0.5) is 15.9 Å². The van der Waals surface area contributed by atoms with E-state index in [1.807, 2.05) is 68.1 Å². The normalized spacial score (nSPS) is 16.3. The number of carbonyl (C=O) groups excluding carboxylic acids is 5. The molecule has 3 aliphatic rings. The fourth-order valence-electron chi connectivity index (χ4n) is 10.4. The third-order valence-electron chi connectivity index (χ3n) is 15.2. The smallest absolute Gasteiger partial charge is 0.254 e. The maximum atomic E-state index is 15.6. The second-order valence-electron chi connectivity index (χ2n) is 22.1. The number of thiazole rings is 1. The van der Waals surface area contributed by atoms with Crippen LogP contribution in [-0.4, -0.2) is 132 Å². The molecule has 2 atom stereocenters. The predicted octanol–water partition coefficient (Wildman–Crippen LogP) is 8.53. The third kappa shape index (κ3) is 14.2. The molecule has 1 aliphatic carbocycles. The van der Waals surface area contributed by atoms with E-state index in [1.54, 1.807) is 51.9 Å². The van der Waals surface area contributed by atoms with Crippen molar-refractivity contribution >= 4 is 58.0 Å². The van der Waals surface area contributed by atoms with E-state index in [0.29, 0.717) is 89.0 Å². The number of nitrogens with one attached hydrogen (secondary N) is 5. The first-order chi connectivity index (χ1) is 37.7. The summed E-state index contributed by atoms with van der Waals surface area (Å²) in [5.41, 5.74) is 8.02. The Kier molecular flexibility index (Phi) is 18.3. The number of imidazole rings is 1. The van der Waals surface area contributed by atoms with Crippen molar-refractivity contribution in [1.82, 2.24) is 60.2 Å². The van der Waals surface area contributed by atoms with Crippen LogP contribution in [0.5, 0.6) is 0 Å². The Morgan fingerprint density at radius 2 is 1.56 bits per heavy atom. The number of hydrogen-bond donors (Lipinski definition) is 5. The summed E-state index contributed by atoms with van der Waals surface area (Å²) >= 11 is 1.60. The zero-order valence-corrected chi connectivity index (χ0v) is 46.2. The van der Waals surface area contributed by atoms with Gasteiger partial charge in [0, 0.05) is 94.6 Å². The molecule has 2 aromatic carbocycles. The summed E-state index contributed by atoms with van der Waals surface area (Å²) < 4.78 is 17.6. The summed E-state index contributed by atoms with van der Waals surface area (Å²) in [5, 5.41) is 19.2. The summed E-state index contributed by atoms with van der Waals surface area (Å²) in [6, 6.07) is 11.2. The van der Waals surface area contributed by atoms with Gasteiger partial charge in [0.05, 0.1) is 45.6 Å². The molecule has 0 radical (unpaired) electrons. The number of halogens is 1. The Morgan fingerprint density at radius 3 is 2.23 bits per heavy atom. The fraction of sp³-hybridized carbons (Fsp3) is 0.500. The van der Waals surface area contributed by atoms with E-state index < -0.39 is 23.3 Å². The molecule has 9 rings (SSSR count). The van der Waals surface area contributed by atoms with Crippen LogP contribution in [0.2, 0.25) is 0 Å². The van der Waals surface area contributed by atoms with Crippen LogP contribution < -0.4 is 21.3 Å². The molecule has 414 valence electrons. The molecule has 0 bridgehead atoms. The van der Waals surface area contributed by atoms with Crippen molar-refractivity contribution < 1.29 is 28.4 Å². The van der Waals surface area contributed by atoms with Crippen LogP contribution in [0, 0.1) is 18.2 Å². The first-order valence-corrected chi connectivity index (χ1v) is 28.7. The number of aromatic nitrogens is 6. The Labute approximate surface area is 459 Å². The highest BCUT2D eigenvalue weighted by molar-refractivity contribution is 7.13. The van der Waals surface area contributed by atoms with Crippen molar-refractivity contribution in [2.24, 2.45) is 5.41 Å². The van der Waals surface area contributed by atoms with Gasteiger partial charge in [-0.2, -0.15) is 5.10 Å². The summed E-state index contributed by atoms with van der Waals surface area (Å²) in [7, 11) is 0. The quantitative estimate of drug-likeness (QED) is 0.0362. The molecule has 5 amide bonds. The molecule has 6 aromatic rings. The number of unbranched alkanes of at least 4 members (excludes halogenated alkanes) is 6. The Bertz CT molecular complexity index is 3030. The van der Waals surface area contributed by atoms with Gasteiger partial charge < -0.3 is 31.1 Å². The number of carbonyl (C=O) groups is 5. The lowest BCUT2D eigenvalue weighted by Gasteiger charge is -2.35. The highest BCUT2D eigenvalue weighted by Gasteiger charge is 2.42.